The van der Waals surface area contributed by atoms with Crippen LogP contribution in [-0.2, 0) is 9.59 Å². The molecule has 0 aromatic rings. The van der Waals surface area contributed by atoms with Crippen molar-refractivity contribution in [2.75, 3.05) is 13.2 Å². The van der Waals surface area contributed by atoms with E-state index in [1.807, 2.05) is 0 Å². The molecule has 0 bridgehead atoms. The number of nitrogens with one attached hydrogen (secondary N) is 1. The smallest absolute Gasteiger partial charge is 0.249 e. The number of aliphatic hydroxyl groups excluding tert-OH is 2. The van der Waals surface area contributed by atoms with Crippen molar-refractivity contribution in [2.45, 2.75) is 39.7 Å². The van der Waals surface area contributed by atoms with Crippen LogP contribution < -0.4 is 5.32 Å². The molecular formula is C11H21NO4. The molecule has 0 rings (SSSR count). The third-order valence-corrected chi connectivity index (χ3v) is 2.49. The maximum Gasteiger partial charge on any atom is 0.249 e. The molecule has 5 heteroatoms. The lowest BCUT2D eigenvalue weighted by atomic mass is 9.87. The Morgan fingerprint density at radius 3 is 2.38 bits per heavy atom. The first-order chi connectivity index (χ1) is 7.35. The van der Waals surface area contributed by atoms with Crippen LogP contribution in [0.2, 0.25) is 0 Å². The van der Waals surface area contributed by atoms with Gasteiger partial charge in [-0.1, -0.05) is 20.8 Å². The predicted molar refractivity (Wildman–Crippen MR) is 59.8 cm³/mol. The van der Waals surface area contributed by atoms with Crippen molar-refractivity contribution >= 4 is 11.7 Å². The van der Waals surface area contributed by atoms with Gasteiger partial charge in [-0.15, -0.1) is 0 Å². The van der Waals surface area contributed by atoms with E-state index in [-0.39, 0.29) is 25.4 Å². The highest BCUT2D eigenvalue weighted by molar-refractivity contribution is 5.82. The molecule has 94 valence electrons. The summed E-state index contributed by atoms with van der Waals surface area (Å²) in [5.41, 5.74) is -0.876. The minimum atomic E-state index is -1.27. The van der Waals surface area contributed by atoms with Gasteiger partial charge in [-0.05, 0) is 0 Å². The second-order valence-electron chi connectivity index (χ2n) is 4.48. The number of hydrogen-bond donors (Lipinski definition) is 3. The predicted octanol–water partition coefficient (Wildman–Crippen LogP) is -0.149. The molecule has 0 aliphatic carbocycles. The van der Waals surface area contributed by atoms with E-state index in [4.69, 9.17) is 5.11 Å². The summed E-state index contributed by atoms with van der Waals surface area (Å²) in [7, 11) is 0. The zero-order valence-electron chi connectivity index (χ0n) is 10.1. The molecule has 0 heterocycles. The van der Waals surface area contributed by atoms with E-state index in [0.29, 0.717) is 6.42 Å². The standard InChI is InChI=1S/C11H21NO4/c1-4-8(14)5-6-12-10(16)9(15)11(2,3)7-13/h9,13,15H,4-7H2,1-3H3,(H,12,16)/t9-/m0/s1. The first-order valence-electron chi connectivity index (χ1n) is 5.43. The van der Waals surface area contributed by atoms with Gasteiger partial charge in [-0.25, -0.2) is 0 Å². The monoisotopic (exact) mass is 231 g/mol. The number of aliphatic hydroxyl groups is 2. The highest BCUT2D eigenvalue weighted by Gasteiger charge is 2.32. The summed E-state index contributed by atoms with van der Waals surface area (Å²) in [6.07, 6.45) is -0.552. The zero-order valence-corrected chi connectivity index (χ0v) is 10.1. The van der Waals surface area contributed by atoms with Gasteiger partial charge in [-0.2, -0.15) is 0 Å². The molecule has 0 saturated carbocycles. The van der Waals surface area contributed by atoms with Crippen LogP contribution in [0.15, 0.2) is 0 Å². The van der Waals surface area contributed by atoms with Crippen LogP contribution in [0.25, 0.3) is 0 Å². The SMILES string of the molecule is CCC(=O)CCNC(=O)[C@H](O)C(C)(C)CO. The van der Waals surface area contributed by atoms with Crippen LogP contribution in [0.3, 0.4) is 0 Å². The minimum Gasteiger partial charge on any atom is -0.396 e. The fourth-order valence-electron chi connectivity index (χ4n) is 1.04. The normalized spacial score (nSPS) is 13.3. The minimum absolute atomic E-state index is 0.0659. The molecular weight excluding hydrogens is 210 g/mol. The summed E-state index contributed by atoms with van der Waals surface area (Å²) in [6.45, 7) is 4.89. The number of hydrogen-bond acceptors (Lipinski definition) is 4. The van der Waals surface area contributed by atoms with Gasteiger partial charge in [0.1, 0.15) is 11.9 Å². The van der Waals surface area contributed by atoms with Crippen LogP contribution in [0.4, 0.5) is 0 Å². The number of rotatable bonds is 7. The molecule has 1 amide bonds. The number of carbonyl (C=O) groups excluding carboxylic acids is 2. The first kappa shape index (κ1) is 15.1. The zero-order chi connectivity index (χ0) is 12.8. The molecule has 0 unspecified atom stereocenters. The maximum atomic E-state index is 11.4. The highest BCUT2D eigenvalue weighted by Crippen LogP contribution is 2.19. The average Bonchev–Trinajstić information content (AvgIpc) is 2.27. The number of ketones is 1. The fraction of sp³-hybridized carbons (Fsp3) is 0.818. The van der Waals surface area contributed by atoms with Gasteiger partial charge in [-0.3, -0.25) is 9.59 Å². The Labute approximate surface area is 95.9 Å². The lowest BCUT2D eigenvalue weighted by Gasteiger charge is -2.27. The van der Waals surface area contributed by atoms with Crippen LogP contribution in [0.5, 0.6) is 0 Å². The molecule has 0 aromatic heterocycles. The summed E-state index contributed by atoms with van der Waals surface area (Å²) in [5.74, 6) is -0.487. The summed E-state index contributed by atoms with van der Waals surface area (Å²) in [6, 6.07) is 0. The van der Waals surface area contributed by atoms with Gasteiger partial charge >= 0.3 is 0 Å². The number of amides is 1. The van der Waals surface area contributed by atoms with Crippen LogP contribution in [0.1, 0.15) is 33.6 Å². The van der Waals surface area contributed by atoms with E-state index >= 15 is 0 Å². The second kappa shape index (κ2) is 6.60. The Kier molecular flexibility index (Phi) is 6.21. The lowest BCUT2D eigenvalue weighted by molar-refractivity contribution is -0.137. The largest absolute Gasteiger partial charge is 0.396 e. The second-order valence-corrected chi connectivity index (χ2v) is 4.48. The highest BCUT2D eigenvalue weighted by atomic mass is 16.3. The van der Waals surface area contributed by atoms with Crippen molar-refractivity contribution in [3.05, 3.63) is 0 Å². The van der Waals surface area contributed by atoms with Crippen LogP contribution >= 0.6 is 0 Å². The molecule has 0 aromatic carbocycles. The molecule has 0 spiro atoms. The van der Waals surface area contributed by atoms with Crippen LogP contribution in [0, 0.1) is 5.41 Å². The first-order valence-corrected chi connectivity index (χ1v) is 5.43. The Bertz CT molecular complexity index is 250. The van der Waals surface area contributed by atoms with E-state index in [1.54, 1.807) is 20.8 Å². The summed E-state index contributed by atoms with van der Waals surface area (Å²) in [5, 5.41) is 21.0. The van der Waals surface area contributed by atoms with Crippen molar-refractivity contribution in [3.8, 4) is 0 Å². The quantitative estimate of drug-likeness (QED) is 0.569. The maximum absolute atomic E-state index is 11.4. The Hall–Kier alpha value is -0.940. The summed E-state index contributed by atoms with van der Waals surface area (Å²) < 4.78 is 0. The van der Waals surface area contributed by atoms with Gasteiger partial charge in [0.15, 0.2) is 0 Å². The molecule has 3 N–H and O–H groups in total. The third-order valence-electron chi connectivity index (χ3n) is 2.49. The van der Waals surface area contributed by atoms with Gasteiger partial charge in [0.25, 0.3) is 0 Å². The van der Waals surface area contributed by atoms with Crippen molar-refractivity contribution in [3.63, 3.8) is 0 Å². The van der Waals surface area contributed by atoms with Crippen molar-refractivity contribution in [2.24, 2.45) is 5.41 Å². The Morgan fingerprint density at radius 2 is 1.94 bits per heavy atom. The van der Waals surface area contributed by atoms with Gasteiger partial charge in [0, 0.05) is 24.8 Å². The average molecular weight is 231 g/mol. The van der Waals surface area contributed by atoms with Crippen LogP contribution in [-0.4, -0.2) is 41.2 Å². The molecule has 0 radical (unpaired) electrons. The lowest BCUT2D eigenvalue weighted by Crippen LogP contribution is -2.45. The van der Waals surface area contributed by atoms with Gasteiger partial charge < -0.3 is 15.5 Å². The van der Waals surface area contributed by atoms with E-state index in [9.17, 15) is 14.7 Å². The van der Waals surface area contributed by atoms with E-state index in [2.05, 4.69) is 5.32 Å². The Morgan fingerprint density at radius 1 is 1.38 bits per heavy atom. The molecule has 0 saturated heterocycles. The molecule has 5 nitrogen and oxygen atoms in total. The molecule has 1 atom stereocenters. The van der Waals surface area contributed by atoms with Gasteiger partial charge in [0.2, 0.25) is 5.91 Å². The topological polar surface area (TPSA) is 86.6 Å². The molecule has 0 fully saturated rings. The molecule has 0 aliphatic rings. The van der Waals surface area contributed by atoms with Crippen molar-refractivity contribution < 1.29 is 19.8 Å². The number of Topliss-reactive ketones (excluding diaryl/α,β-unsaturated/α-hetero) is 1. The van der Waals surface area contributed by atoms with E-state index in [0.717, 1.165) is 0 Å². The molecule has 0 aliphatic heterocycles. The van der Waals surface area contributed by atoms with E-state index in [1.165, 1.54) is 0 Å². The van der Waals surface area contributed by atoms with E-state index < -0.39 is 17.4 Å². The molecule has 16 heavy (non-hydrogen) atoms. The number of carbonyl (C=O) groups is 2. The summed E-state index contributed by atoms with van der Waals surface area (Å²) in [4.78, 5) is 22.4. The fourth-order valence-corrected chi connectivity index (χ4v) is 1.04. The Balaban J connectivity index is 4.03. The third kappa shape index (κ3) is 4.72. The summed E-state index contributed by atoms with van der Waals surface area (Å²) >= 11 is 0. The van der Waals surface area contributed by atoms with Gasteiger partial charge in [0.05, 0.1) is 6.61 Å². The van der Waals surface area contributed by atoms with Crippen molar-refractivity contribution in [1.82, 2.24) is 5.32 Å². The van der Waals surface area contributed by atoms with Crippen molar-refractivity contribution in [1.29, 1.82) is 0 Å².